The zero-order chi connectivity index (χ0) is 13.0. The minimum absolute atomic E-state index is 0.105. The van der Waals surface area contributed by atoms with E-state index in [0.29, 0.717) is 15.6 Å². The van der Waals surface area contributed by atoms with Crippen LogP contribution < -0.4 is 5.32 Å². The summed E-state index contributed by atoms with van der Waals surface area (Å²) < 4.78 is 0. The maximum Gasteiger partial charge on any atom is 0.325 e. The molecule has 2 unspecified atom stereocenters. The second-order valence-corrected chi connectivity index (χ2v) is 4.82. The maximum atomic E-state index is 11.2. The van der Waals surface area contributed by atoms with E-state index in [4.69, 9.17) is 23.2 Å². The number of aliphatic carboxylic acids is 1. The van der Waals surface area contributed by atoms with Crippen molar-refractivity contribution < 1.29 is 9.90 Å². The Labute approximate surface area is 111 Å². The topological polar surface area (TPSA) is 49.3 Å². The highest BCUT2D eigenvalue weighted by molar-refractivity contribution is 6.34. The molecule has 5 heteroatoms. The number of halogens is 2. The average molecular weight is 276 g/mol. The summed E-state index contributed by atoms with van der Waals surface area (Å²) >= 11 is 11.7. The van der Waals surface area contributed by atoms with Crippen molar-refractivity contribution in [2.45, 2.75) is 32.4 Å². The first-order valence-electron chi connectivity index (χ1n) is 5.39. The number of carboxylic acid groups (broad SMARTS) is 1. The smallest absolute Gasteiger partial charge is 0.325 e. The van der Waals surface area contributed by atoms with Gasteiger partial charge in [-0.2, -0.15) is 0 Å². The van der Waals surface area contributed by atoms with Gasteiger partial charge in [0.1, 0.15) is 6.04 Å². The fraction of sp³-hybridized carbons (Fsp3) is 0.417. The Bertz CT molecular complexity index is 389. The molecule has 0 bridgehead atoms. The van der Waals surface area contributed by atoms with E-state index in [-0.39, 0.29) is 6.04 Å². The normalized spacial score (nSPS) is 14.4. The molecule has 1 aromatic carbocycles. The standard InChI is InChI=1S/C12H15Cl2NO2/c1-3-7(2)15-11(12(16)17)8-4-9(13)6-10(14)5-8/h4-7,11,15H,3H2,1-2H3,(H,16,17). The summed E-state index contributed by atoms with van der Waals surface area (Å²) in [6.45, 7) is 3.92. The third-order valence-electron chi connectivity index (χ3n) is 2.53. The molecule has 0 saturated heterocycles. The number of carboxylic acids is 1. The van der Waals surface area contributed by atoms with Crippen molar-refractivity contribution in [3.8, 4) is 0 Å². The van der Waals surface area contributed by atoms with E-state index in [9.17, 15) is 9.90 Å². The third kappa shape index (κ3) is 4.19. The Kier molecular flexibility index (Phi) is 5.25. The van der Waals surface area contributed by atoms with Gasteiger partial charge in [-0.1, -0.05) is 30.1 Å². The molecule has 0 aromatic heterocycles. The van der Waals surface area contributed by atoms with Gasteiger partial charge in [-0.05, 0) is 37.1 Å². The van der Waals surface area contributed by atoms with E-state index in [1.165, 1.54) is 0 Å². The molecule has 1 rings (SSSR count). The van der Waals surface area contributed by atoms with Crippen molar-refractivity contribution in [2.75, 3.05) is 0 Å². The molecule has 0 aliphatic carbocycles. The number of rotatable bonds is 5. The van der Waals surface area contributed by atoms with E-state index in [1.54, 1.807) is 18.2 Å². The Hall–Kier alpha value is -0.770. The minimum Gasteiger partial charge on any atom is -0.480 e. The fourth-order valence-corrected chi connectivity index (χ4v) is 2.00. The van der Waals surface area contributed by atoms with Gasteiger partial charge in [0, 0.05) is 16.1 Å². The van der Waals surface area contributed by atoms with Crippen LogP contribution in [-0.2, 0) is 4.79 Å². The molecule has 0 amide bonds. The number of carbonyl (C=O) groups is 1. The lowest BCUT2D eigenvalue weighted by Crippen LogP contribution is -2.34. The Morgan fingerprint density at radius 2 is 1.88 bits per heavy atom. The van der Waals surface area contributed by atoms with Gasteiger partial charge in [0.05, 0.1) is 0 Å². The van der Waals surface area contributed by atoms with Crippen LogP contribution in [0.25, 0.3) is 0 Å². The van der Waals surface area contributed by atoms with Crippen LogP contribution in [0.15, 0.2) is 18.2 Å². The molecule has 0 aliphatic heterocycles. The Morgan fingerprint density at radius 1 is 1.35 bits per heavy atom. The van der Waals surface area contributed by atoms with Crippen LogP contribution in [0.2, 0.25) is 10.0 Å². The van der Waals surface area contributed by atoms with E-state index in [0.717, 1.165) is 6.42 Å². The van der Waals surface area contributed by atoms with Gasteiger partial charge in [-0.25, -0.2) is 0 Å². The first-order chi connectivity index (χ1) is 7.93. The lowest BCUT2D eigenvalue weighted by atomic mass is 10.1. The maximum absolute atomic E-state index is 11.2. The molecule has 2 N–H and O–H groups in total. The zero-order valence-corrected chi connectivity index (χ0v) is 11.2. The summed E-state index contributed by atoms with van der Waals surface area (Å²) in [6, 6.07) is 4.12. The van der Waals surface area contributed by atoms with Gasteiger partial charge in [0.2, 0.25) is 0 Å². The summed E-state index contributed by atoms with van der Waals surface area (Å²) in [6.07, 6.45) is 0.845. The van der Waals surface area contributed by atoms with E-state index in [1.807, 2.05) is 13.8 Å². The first-order valence-corrected chi connectivity index (χ1v) is 6.14. The summed E-state index contributed by atoms with van der Waals surface area (Å²) in [5.41, 5.74) is 0.565. The minimum atomic E-state index is -0.941. The van der Waals surface area contributed by atoms with E-state index in [2.05, 4.69) is 5.32 Å². The number of hydrogen-bond donors (Lipinski definition) is 2. The molecule has 0 spiro atoms. The molecule has 0 saturated carbocycles. The predicted molar refractivity (Wildman–Crippen MR) is 69.7 cm³/mol. The molecule has 0 heterocycles. The summed E-state index contributed by atoms with van der Waals surface area (Å²) in [4.78, 5) is 11.2. The third-order valence-corrected chi connectivity index (χ3v) is 2.97. The summed E-state index contributed by atoms with van der Waals surface area (Å²) in [7, 11) is 0. The van der Waals surface area contributed by atoms with Crippen LogP contribution >= 0.6 is 23.2 Å². The van der Waals surface area contributed by atoms with E-state index >= 15 is 0 Å². The quantitative estimate of drug-likeness (QED) is 0.865. The van der Waals surface area contributed by atoms with Gasteiger partial charge >= 0.3 is 5.97 Å². The van der Waals surface area contributed by atoms with Crippen molar-refractivity contribution in [3.63, 3.8) is 0 Å². The van der Waals surface area contributed by atoms with Gasteiger partial charge < -0.3 is 5.11 Å². The molecule has 0 fully saturated rings. The van der Waals surface area contributed by atoms with Crippen LogP contribution in [0.3, 0.4) is 0 Å². The second kappa shape index (κ2) is 6.24. The number of nitrogens with one attached hydrogen (secondary N) is 1. The van der Waals surface area contributed by atoms with Crippen molar-refractivity contribution in [3.05, 3.63) is 33.8 Å². The number of benzene rings is 1. The fourth-order valence-electron chi connectivity index (χ4n) is 1.45. The number of hydrogen-bond acceptors (Lipinski definition) is 2. The monoisotopic (exact) mass is 275 g/mol. The molecule has 17 heavy (non-hydrogen) atoms. The van der Waals surface area contributed by atoms with Crippen LogP contribution in [0, 0.1) is 0 Å². The van der Waals surface area contributed by atoms with Crippen molar-refractivity contribution in [1.82, 2.24) is 5.32 Å². The lowest BCUT2D eigenvalue weighted by molar-refractivity contribution is -0.139. The summed E-state index contributed by atoms with van der Waals surface area (Å²) in [5, 5.41) is 13.1. The summed E-state index contributed by atoms with van der Waals surface area (Å²) in [5.74, 6) is -0.941. The lowest BCUT2D eigenvalue weighted by Gasteiger charge is -2.19. The van der Waals surface area contributed by atoms with Gasteiger partial charge in [0.25, 0.3) is 0 Å². The molecule has 0 radical (unpaired) electrons. The molecule has 94 valence electrons. The van der Waals surface area contributed by atoms with Crippen LogP contribution in [-0.4, -0.2) is 17.1 Å². The van der Waals surface area contributed by atoms with Gasteiger partial charge in [-0.3, -0.25) is 10.1 Å². The van der Waals surface area contributed by atoms with Crippen LogP contribution in [0.5, 0.6) is 0 Å². The Morgan fingerprint density at radius 3 is 2.29 bits per heavy atom. The van der Waals surface area contributed by atoms with E-state index < -0.39 is 12.0 Å². The SMILES string of the molecule is CCC(C)NC(C(=O)O)c1cc(Cl)cc(Cl)c1. The van der Waals surface area contributed by atoms with Crippen LogP contribution in [0.4, 0.5) is 0 Å². The zero-order valence-electron chi connectivity index (χ0n) is 9.71. The first kappa shape index (κ1) is 14.3. The van der Waals surface area contributed by atoms with Crippen molar-refractivity contribution >= 4 is 29.2 Å². The largest absolute Gasteiger partial charge is 0.480 e. The highest BCUT2D eigenvalue weighted by Gasteiger charge is 2.21. The molecule has 3 nitrogen and oxygen atoms in total. The van der Waals surface area contributed by atoms with Crippen molar-refractivity contribution in [1.29, 1.82) is 0 Å². The average Bonchev–Trinajstić information content (AvgIpc) is 2.23. The molecule has 2 atom stereocenters. The highest BCUT2D eigenvalue weighted by Crippen LogP contribution is 2.24. The van der Waals surface area contributed by atoms with Gasteiger partial charge in [-0.15, -0.1) is 0 Å². The Balaban J connectivity index is 3.01. The molecular weight excluding hydrogens is 261 g/mol. The van der Waals surface area contributed by atoms with Crippen molar-refractivity contribution in [2.24, 2.45) is 0 Å². The molecule has 0 aliphatic rings. The second-order valence-electron chi connectivity index (χ2n) is 3.95. The highest BCUT2D eigenvalue weighted by atomic mass is 35.5. The van der Waals surface area contributed by atoms with Crippen LogP contribution in [0.1, 0.15) is 31.9 Å². The molecule has 1 aromatic rings. The van der Waals surface area contributed by atoms with Gasteiger partial charge in [0.15, 0.2) is 0 Å². The molecular formula is C12H15Cl2NO2. The predicted octanol–water partition coefficient (Wildman–Crippen LogP) is 3.51.